The zero-order chi connectivity index (χ0) is 21.8. The van der Waals surface area contributed by atoms with Crippen molar-refractivity contribution >= 4 is 23.5 Å². The van der Waals surface area contributed by atoms with Gasteiger partial charge in [-0.2, -0.15) is 0 Å². The highest BCUT2D eigenvalue weighted by molar-refractivity contribution is 5.89. The zero-order valence-electron chi connectivity index (χ0n) is 16.6. The predicted octanol–water partition coefficient (Wildman–Crippen LogP) is 2.46. The third-order valence-corrected chi connectivity index (χ3v) is 4.40. The van der Waals surface area contributed by atoms with Crippen molar-refractivity contribution in [1.29, 1.82) is 0 Å². The van der Waals surface area contributed by atoms with Gasteiger partial charge in [0.1, 0.15) is 30.8 Å². The Hall–Kier alpha value is -3.37. The van der Waals surface area contributed by atoms with Gasteiger partial charge in [-0.05, 0) is 19.1 Å². The van der Waals surface area contributed by atoms with E-state index in [0.29, 0.717) is 24.7 Å². The summed E-state index contributed by atoms with van der Waals surface area (Å²) >= 11 is 0. The smallest absolute Gasteiger partial charge is 0.416 e. The molecule has 9 nitrogen and oxygen atoms in total. The Kier molecular flexibility index (Phi) is 6.38. The van der Waals surface area contributed by atoms with Gasteiger partial charge in [0.05, 0.1) is 12.1 Å². The van der Waals surface area contributed by atoms with Gasteiger partial charge in [0.2, 0.25) is 5.91 Å². The molecule has 0 saturated carbocycles. The first-order chi connectivity index (χ1) is 14.3. The highest BCUT2D eigenvalue weighted by Gasteiger charge is 2.42. The van der Waals surface area contributed by atoms with Gasteiger partial charge in [-0.15, -0.1) is 0 Å². The van der Waals surface area contributed by atoms with E-state index in [-0.39, 0.29) is 18.3 Å². The van der Waals surface area contributed by atoms with Gasteiger partial charge < -0.3 is 25.1 Å². The Balaban J connectivity index is 0.000000589. The molecular formula is C19H23F2N5O4. The molecule has 2 aliphatic heterocycles. The molecule has 1 atom stereocenters. The summed E-state index contributed by atoms with van der Waals surface area (Å²) in [6, 6.07) is 4.33. The minimum Gasteiger partial charge on any atom is -0.491 e. The molecule has 2 aromatic rings. The van der Waals surface area contributed by atoms with E-state index in [4.69, 9.17) is 9.47 Å². The van der Waals surface area contributed by atoms with E-state index < -0.39 is 18.6 Å². The predicted molar refractivity (Wildman–Crippen MR) is 106 cm³/mol. The SMILES string of the molecule is CC(N)=O.CCNc1ccc2c(c1)OCCn1cc(N3C(=O)OCC3C(F)F)nc1-2. The molecule has 0 spiro atoms. The van der Waals surface area contributed by atoms with Crippen molar-refractivity contribution in [3.05, 3.63) is 24.4 Å². The molecular weight excluding hydrogens is 400 g/mol. The van der Waals surface area contributed by atoms with Gasteiger partial charge in [0.15, 0.2) is 5.82 Å². The molecule has 1 fully saturated rings. The average molecular weight is 423 g/mol. The number of nitrogens with two attached hydrogens (primary N) is 1. The molecule has 11 heteroatoms. The summed E-state index contributed by atoms with van der Waals surface area (Å²) in [4.78, 5) is 26.5. The van der Waals surface area contributed by atoms with Crippen molar-refractivity contribution in [2.45, 2.75) is 32.9 Å². The first-order valence-electron chi connectivity index (χ1n) is 9.40. The van der Waals surface area contributed by atoms with Crippen molar-refractivity contribution in [3.8, 4) is 17.1 Å². The monoisotopic (exact) mass is 423 g/mol. The second-order valence-electron chi connectivity index (χ2n) is 6.67. The van der Waals surface area contributed by atoms with Crippen LogP contribution in [0.25, 0.3) is 11.4 Å². The van der Waals surface area contributed by atoms with E-state index in [1.54, 1.807) is 6.20 Å². The van der Waals surface area contributed by atoms with Crippen LogP contribution in [0, 0.1) is 0 Å². The number of fused-ring (bicyclic) bond motifs is 3. The molecule has 3 heterocycles. The lowest BCUT2D eigenvalue weighted by Gasteiger charge is -2.17. The van der Waals surface area contributed by atoms with Crippen molar-refractivity contribution in [3.63, 3.8) is 0 Å². The number of amides is 2. The van der Waals surface area contributed by atoms with E-state index in [1.807, 2.05) is 29.7 Å². The van der Waals surface area contributed by atoms with E-state index >= 15 is 0 Å². The van der Waals surface area contributed by atoms with E-state index in [1.165, 1.54) is 6.92 Å². The molecule has 2 amide bonds. The first kappa shape index (κ1) is 21.3. The molecule has 2 aliphatic rings. The maximum Gasteiger partial charge on any atom is 0.416 e. The fourth-order valence-corrected chi connectivity index (χ4v) is 3.18. The highest BCUT2D eigenvalue weighted by atomic mass is 19.3. The lowest BCUT2D eigenvalue weighted by atomic mass is 10.1. The maximum absolute atomic E-state index is 13.2. The molecule has 0 bridgehead atoms. The normalized spacial score (nSPS) is 17.2. The number of carbonyl (C=O) groups is 2. The van der Waals surface area contributed by atoms with Crippen LogP contribution >= 0.6 is 0 Å². The van der Waals surface area contributed by atoms with Crippen LogP contribution in [0.2, 0.25) is 0 Å². The van der Waals surface area contributed by atoms with Crippen molar-refractivity contribution < 1.29 is 27.8 Å². The van der Waals surface area contributed by atoms with Gasteiger partial charge in [-0.25, -0.2) is 23.5 Å². The van der Waals surface area contributed by atoms with Crippen LogP contribution in [0.3, 0.4) is 0 Å². The van der Waals surface area contributed by atoms with Crippen molar-refractivity contribution in [1.82, 2.24) is 9.55 Å². The van der Waals surface area contributed by atoms with E-state index in [9.17, 15) is 18.4 Å². The fourth-order valence-electron chi connectivity index (χ4n) is 3.18. The number of cyclic esters (lactones) is 1. The topological polar surface area (TPSA) is 112 Å². The first-order valence-corrected chi connectivity index (χ1v) is 9.40. The van der Waals surface area contributed by atoms with Crippen LogP contribution in [-0.4, -0.2) is 53.8 Å². The lowest BCUT2D eigenvalue weighted by Crippen LogP contribution is -2.38. The number of carbonyl (C=O) groups excluding carboxylic acids is 2. The van der Waals surface area contributed by atoms with Crippen molar-refractivity contribution in [2.24, 2.45) is 5.73 Å². The third kappa shape index (κ3) is 4.44. The lowest BCUT2D eigenvalue weighted by molar-refractivity contribution is -0.115. The van der Waals surface area contributed by atoms with Crippen LogP contribution < -0.4 is 20.7 Å². The Morgan fingerprint density at radius 1 is 1.40 bits per heavy atom. The average Bonchev–Trinajstić information content (AvgIpc) is 3.21. The fraction of sp³-hybridized carbons (Fsp3) is 0.421. The van der Waals surface area contributed by atoms with Gasteiger partial charge in [-0.1, -0.05) is 0 Å². The van der Waals surface area contributed by atoms with Gasteiger partial charge in [0.25, 0.3) is 6.43 Å². The van der Waals surface area contributed by atoms with Crippen LogP contribution in [0.4, 0.5) is 25.1 Å². The number of rotatable bonds is 4. The van der Waals surface area contributed by atoms with E-state index in [2.05, 4.69) is 16.0 Å². The molecule has 0 radical (unpaired) electrons. The number of hydrogen-bond acceptors (Lipinski definition) is 6. The largest absolute Gasteiger partial charge is 0.491 e. The maximum atomic E-state index is 13.2. The molecule has 0 aliphatic carbocycles. The molecule has 3 N–H and O–H groups in total. The molecule has 162 valence electrons. The minimum absolute atomic E-state index is 0.163. The molecule has 1 saturated heterocycles. The number of primary amides is 1. The Bertz CT molecular complexity index is 930. The summed E-state index contributed by atoms with van der Waals surface area (Å²) in [5, 5.41) is 3.22. The molecule has 1 aromatic carbocycles. The second-order valence-corrected chi connectivity index (χ2v) is 6.67. The van der Waals surface area contributed by atoms with Crippen LogP contribution in [0.5, 0.6) is 5.75 Å². The van der Waals surface area contributed by atoms with Gasteiger partial charge >= 0.3 is 6.09 Å². The number of ether oxygens (including phenoxy) is 2. The Morgan fingerprint density at radius 2 is 2.13 bits per heavy atom. The summed E-state index contributed by atoms with van der Waals surface area (Å²) < 4.78 is 38.8. The number of nitrogens with one attached hydrogen (secondary N) is 1. The summed E-state index contributed by atoms with van der Waals surface area (Å²) in [6.07, 6.45) is -1.92. The highest BCUT2D eigenvalue weighted by Crippen LogP contribution is 2.36. The number of imidazole rings is 1. The van der Waals surface area contributed by atoms with Crippen LogP contribution in [-0.2, 0) is 16.1 Å². The molecule has 30 heavy (non-hydrogen) atoms. The number of hydrogen-bond donors (Lipinski definition) is 2. The minimum atomic E-state index is -2.71. The summed E-state index contributed by atoms with van der Waals surface area (Å²) in [5.41, 5.74) is 6.14. The third-order valence-electron chi connectivity index (χ3n) is 4.40. The van der Waals surface area contributed by atoms with E-state index in [0.717, 1.165) is 22.7 Å². The number of halogens is 2. The second kappa shape index (κ2) is 8.97. The van der Waals surface area contributed by atoms with Crippen molar-refractivity contribution in [2.75, 3.05) is 30.0 Å². The number of anilines is 2. The Morgan fingerprint density at radius 3 is 2.80 bits per heavy atom. The molecule has 1 unspecified atom stereocenters. The Labute approximate surface area is 171 Å². The van der Waals surface area contributed by atoms with Crippen LogP contribution in [0.1, 0.15) is 13.8 Å². The summed E-state index contributed by atoms with van der Waals surface area (Å²) in [7, 11) is 0. The standard InChI is InChI=1S/C17H18F2N4O3.C2H5NO/c1-2-20-10-3-4-11-13(7-10)25-6-5-22-8-14(21-16(11)22)23-12(15(18)19)9-26-17(23)24;1-2(3)4/h3-4,7-8,12,15,20H,2,5-6,9H2,1H3;1H3,(H2,3,4). The van der Waals surface area contributed by atoms with Gasteiger partial charge in [0, 0.05) is 31.4 Å². The quantitative estimate of drug-likeness (QED) is 0.781. The zero-order valence-corrected chi connectivity index (χ0v) is 16.6. The summed E-state index contributed by atoms with van der Waals surface area (Å²) in [6.45, 7) is 4.65. The molecule has 4 rings (SSSR count). The number of nitrogens with zero attached hydrogens (tertiary/aromatic N) is 3. The van der Waals surface area contributed by atoms with Gasteiger partial charge in [-0.3, -0.25) is 4.79 Å². The number of aromatic nitrogens is 2. The number of benzene rings is 1. The van der Waals surface area contributed by atoms with Crippen LogP contribution in [0.15, 0.2) is 24.4 Å². The molecule has 1 aromatic heterocycles. The summed E-state index contributed by atoms with van der Waals surface area (Å²) in [5.74, 6) is 1.06. The number of alkyl halides is 2.